The Balaban J connectivity index is 1.59. The molecule has 0 radical (unpaired) electrons. The van der Waals surface area contributed by atoms with Crippen LogP contribution in [0.2, 0.25) is 0 Å². The quantitative estimate of drug-likeness (QED) is 0.918. The maximum atomic E-state index is 14.2. The lowest BCUT2D eigenvalue weighted by Gasteiger charge is -2.27. The minimum absolute atomic E-state index is 0.0762. The van der Waals surface area contributed by atoms with Gasteiger partial charge in [0.1, 0.15) is 6.10 Å². The van der Waals surface area contributed by atoms with Gasteiger partial charge in [-0.3, -0.25) is 4.90 Å². The van der Waals surface area contributed by atoms with E-state index in [9.17, 15) is 4.39 Å². The van der Waals surface area contributed by atoms with E-state index in [-0.39, 0.29) is 11.9 Å². The normalized spacial score (nSPS) is 21.4. The van der Waals surface area contributed by atoms with Gasteiger partial charge in [-0.05, 0) is 17.7 Å². The molecule has 2 aliphatic rings. The molecule has 0 amide bonds. The number of nitrogens with zero attached hydrogens (tertiary/aromatic N) is 1. The molecule has 21 heavy (non-hydrogen) atoms. The highest BCUT2D eigenvalue weighted by molar-refractivity contribution is 5.29. The molecular weight excluding hydrogens is 271 g/mol. The Bertz CT molecular complexity index is 458. The van der Waals surface area contributed by atoms with E-state index in [1.165, 1.54) is 0 Å². The van der Waals surface area contributed by atoms with Gasteiger partial charge in [0.2, 0.25) is 0 Å². The van der Waals surface area contributed by atoms with Crippen LogP contribution in [0.4, 0.5) is 4.39 Å². The minimum atomic E-state index is -0.255. The van der Waals surface area contributed by atoms with E-state index in [0.29, 0.717) is 19.0 Å². The van der Waals surface area contributed by atoms with Gasteiger partial charge in [0.25, 0.3) is 0 Å². The third-order valence-corrected chi connectivity index (χ3v) is 4.07. The summed E-state index contributed by atoms with van der Waals surface area (Å²) in [4.78, 5) is 2.34. The molecule has 1 aromatic rings. The summed E-state index contributed by atoms with van der Waals surface area (Å²) >= 11 is 0. The van der Waals surface area contributed by atoms with Crippen molar-refractivity contribution in [2.24, 2.45) is 0 Å². The Morgan fingerprint density at radius 1 is 1.24 bits per heavy atom. The summed E-state index contributed by atoms with van der Waals surface area (Å²) in [5.41, 5.74) is 1.01. The Labute approximate surface area is 125 Å². The van der Waals surface area contributed by atoms with Crippen LogP contribution in [0.25, 0.3) is 0 Å². The number of ether oxygens (including phenoxy) is 2. The van der Waals surface area contributed by atoms with Crippen molar-refractivity contribution in [2.45, 2.75) is 25.5 Å². The van der Waals surface area contributed by atoms with Gasteiger partial charge in [0, 0.05) is 45.6 Å². The van der Waals surface area contributed by atoms with Crippen LogP contribution in [0.5, 0.6) is 5.75 Å². The van der Waals surface area contributed by atoms with Gasteiger partial charge in [0.05, 0.1) is 13.2 Å². The first-order chi connectivity index (χ1) is 10.3. The van der Waals surface area contributed by atoms with Gasteiger partial charge in [0.15, 0.2) is 11.6 Å². The largest absolute Gasteiger partial charge is 0.487 e. The molecule has 3 rings (SSSR count). The molecule has 0 saturated carbocycles. The average Bonchev–Trinajstić information content (AvgIpc) is 2.52. The SMILES string of the molecule is Fc1cc(CN2CCNCC2)ccc1OC1CCOCC1. The maximum Gasteiger partial charge on any atom is 0.165 e. The molecule has 2 saturated heterocycles. The molecule has 0 bridgehead atoms. The van der Waals surface area contributed by atoms with Crippen molar-refractivity contribution >= 4 is 0 Å². The lowest BCUT2D eigenvalue weighted by atomic mass is 10.1. The summed E-state index contributed by atoms with van der Waals surface area (Å²) in [7, 11) is 0. The Hall–Kier alpha value is -1.17. The summed E-state index contributed by atoms with van der Waals surface area (Å²) in [6.45, 7) is 6.25. The summed E-state index contributed by atoms with van der Waals surface area (Å²) in [6.07, 6.45) is 1.75. The molecule has 5 heteroatoms. The highest BCUT2D eigenvalue weighted by Gasteiger charge is 2.17. The van der Waals surface area contributed by atoms with E-state index in [1.54, 1.807) is 12.1 Å². The lowest BCUT2D eigenvalue weighted by Crippen LogP contribution is -2.42. The fourth-order valence-corrected chi connectivity index (χ4v) is 2.84. The van der Waals surface area contributed by atoms with Crippen LogP contribution in [0.3, 0.4) is 0 Å². The molecule has 0 aliphatic carbocycles. The molecule has 0 spiro atoms. The van der Waals surface area contributed by atoms with Gasteiger partial charge < -0.3 is 14.8 Å². The number of hydrogen-bond donors (Lipinski definition) is 1. The first-order valence-electron chi connectivity index (χ1n) is 7.77. The van der Waals surface area contributed by atoms with E-state index in [2.05, 4.69) is 10.2 Å². The number of hydrogen-bond acceptors (Lipinski definition) is 4. The zero-order valence-corrected chi connectivity index (χ0v) is 12.3. The molecule has 1 N–H and O–H groups in total. The number of halogens is 1. The molecule has 2 heterocycles. The number of piperazine rings is 1. The van der Waals surface area contributed by atoms with Gasteiger partial charge in [-0.2, -0.15) is 0 Å². The molecule has 2 aliphatic heterocycles. The second kappa shape index (κ2) is 7.20. The second-order valence-electron chi connectivity index (χ2n) is 5.72. The third-order valence-electron chi connectivity index (χ3n) is 4.07. The second-order valence-corrected chi connectivity index (χ2v) is 5.72. The predicted molar refractivity (Wildman–Crippen MR) is 79.0 cm³/mol. The average molecular weight is 294 g/mol. The first kappa shape index (κ1) is 14.8. The van der Waals surface area contributed by atoms with Gasteiger partial charge >= 0.3 is 0 Å². The monoisotopic (exact) mass is 294 g/mol. The number of nitrogens with one attached hydrogen (secondary N) is 1. The smallest absolute Gasteiger partial charge is 0.165 e. The third kappa shape index (κ3) is 4.15. The van der Waals surface area contributed by atoms with Crippen molar-refractivity contribution in [1.82, 2.24) is 10.2 Å². The van der Waals surface area contributed by atoms with Crippen LogP contribution in [-0.2, 0) is 11.3 Å². The molecule has 0 unspecified atom stereocenters. The molecule has 2 fully saturated rings. The molecule has 1 aromatic carbocycles. The van der Waals surface area contributed by atoms with Crippen molar-refractivity contribution in [3.8, 4) is 5.75 Å². The van der Waals surface area contributed by atoms with E-state index >= 15 is 0 Å². The van der Waals surface area contributed by atoms with Crippen LogP contribution in [-0.4, -0.2) is 50.4 Å². The highest BCUT2D eigenvalue weighted by Crippen LogP contribution is 2.23. The molecule has 0 atom stereocenters. The summed E-state index contributed by atoms with van der Waals surface area (Å²) < 4.78 is 25.2. The van der Waals surface area contributed by atoms with Crippen molar-refractivity contribution < 1.29 is 13.9 Å². The summed E-state index contributed by atoms with van der Waals surface area (Å²) in [6, 6.07) is 5.35. The zero-order valence-electron chi connectivity index (χ0n) is 12.3. The predicted octanol–water partition coefficient (Wildman–Crippen LogP) is 1.79. The fourth-order valence-electron chi connectivity index (χ4n) is 2.84. The molecule has 4 nitrogen and oxygen atoms in total. The standard InChI is InChI=1S/C16H23FN2O2/c17-15-11-13(12-19-7-5-18-6-8-19)1-2-16(15)21-14-3-9-20-10-4-14/h1-2,11,14,18H,3-10,12H2. The molecule has 116 valence electrons. The van der Waals surface area contributed by atoms with Crippen LogP contribution in [0.1, 0.15) is 18.4 Å². The van der Waals surface area contributed by atoms with Gasteiger partial charge in [-0.15, -0.1) is 0 Å². The van der Waals surface area contributed by atoms with Crippen LogP contribution in [0, 0.1) is 5.82 Å². The van der Waals surface area contributed by atoms with Crippen molar-refractivity contribution in [3.63, 3.8) is 0 Å². The Morgan fingerprint density at radius 3 is 2.71 bits per heavy atom. The van der Waals surface area contributed by atoms with Crippen LogP contribution in [0.15, 0.2) is 18.2 Å². The highest BCUT2D eigenvalue weighted by atomic mass is 19.1. The first-order valence-corrected chi connectivity index (χ1v) is 7.77. The number of benzene rings is 1. The molecular formula is C16H23FN2O2. The minimum Gasteiger partial charge on any atom is -0.487 e. The van der Waals surface area contributed by atoms with Crippen molar-refractivity contribution in [1.29, 1.82) is 0 Å². The summed E-state index contributed by atoms with van der Waals surface area (Å²) in [5.74, 6) is 0.111. The summed E-state index contributed by atoms with van der Waals surface area (Å²) in [5, 5.41) is 3.32. The van der Waals surface area contributed by atoms with Gasteiger partial charge in [-0.1, -0.05) is 6.07 Å². The van der Waals surface area contributed by atoms with Gasteiger partial charge in [-0.25, -0.2) is 4.39 Å². The number of rotatable bonds is 4. The maximum absolute atomic E-state index is 14.2. The Morgan fingerprint density at radius 2 is 2.00 bits per heavy atom. The van der Waals surface area contributed by atoms with Crippen LogP contribution >= 0.6 is 0 Å². The van der Waals surface area contributed by atoms with Crippen molar-refractivity contribution in [2.75, 3.05) is 39.4 Å². The lowest BCUT2D eigenvalue weighted by molar-refractivity contribution is 0.0240. The van der Waals surface area contributed by atoms with E-state index in [1.807, 2.05) is 6.07 Å². The van der Waals surface area contributed by atoms with E-state index in [0.717, 1.165) is 51.1 Å². The fraction of sp³-hybridized carbons (Fsp3) is 0.625. The Kier molecular flexibility index (Phi) is 5.06. The van der Waals surface area contributed by atoms with E-state index < -0.39 is 0 Å². The molecule has 0 aromatic heterocycles. The van der Waals surface area contributed by atoms with Crippen molar-refractivity contribution in [3.05, 3.63) is 29.6 Å². The van der Waals surface area contributed by atoms with E-state index in [4.69, 9.17) is 9.47 Å². The zero-order chi connectivity index (χ0) is 14.5. The van der Waals surface area contributed by atoms with Crippen LogP contribution < -0.4 is 10.1 Å². The topological polar surface area (TPSA) is 33.7 Å².